The molecule has 1 N–H and O–H groups in total. The Morgan fingerprint density at radius 2 is 2.05 bits per heavy atom. The van der Waals surface area contributed by atoms with Crippen molar-refractivity contribution in [2.75, 3.05) is 38.2 Å². The summed E-state index contributed by atoms with van der Waals surface area (Å²) in [6.45, 7) is 7.82. The minimum atomic E-state index is -4.71. The second-order valence-electron chi connectivity index (χ2n) is 9.47. The molecule has 2 aromatic heterocycles. The van der Waals surface area contributed by atoms with Gasteiger partial charge >= 0.3 is 6.18 Å². The summed E-state index contributed by atoms with van der Waals surface area (Å²) >= 11 is 6.85. The number of fused-ring (bicyclic) bond motifs is 1. The number of anilines is 1. The number of carbonyl (C=O) groups excluding carboxylic acids is 2. The Bertz CT molecular complexity index is 1410. The maximum atomic E-state index is 13.2. The number of pyridine rings is 1. The second kappa shape index (κ2) is 13.3. The van der Waals surface area contributed by atoms with Gasteiger partial charge in [-0.2, -0.15) is 13.2 Å². The van der Waals surface area contributed by atoms with Gasteiger partial charge in [0.15, 0.2) is 0 Å². The van der Waals surface area contributed by atoms with Crippen LogP contribution < -0.4 is 10.1 Å². The average molecular weight is 594 g/mol. The van der Waals surface area contributed by atoms with Crippen LogP contribution in [0.4, 0.5) is 19.1 Å². The van der Waals surface area contributed by atoms with E-state index in [1.54, 1.807) is 21.6 Å². The van der Waals surface area contributed by atoms with Gasteiger partial charge in [0.25, 0.3) is 5.91 Å². The lowest BCUT2D eigenvalue weighted by molar-refractivity contribution is -0.141. The van der Waals surface area contributed by atoms with Gasteiger partial charge in [-0.3, -0.25) is 19.9 Å². The van der Waals surface area contributed by atoms with Crippen LogP contribution >= 0.6 is 11.6 Å². The third-order valence-corrected chi connectivity index (χ3v) is 7.05. The fraction of sp³-hybridized carbons (Fsp3) is 0.429. The quantitative estimate of drug-likeness (QED) is 0.232. The van der Waals surface area contributed by atoms with Crippen LogP contribution in [0.5, 0.6) is 5.75 Å². The third kappa shape index (κ3) is 7.17. The molecule has 1 fully saturated rings. The molecule has 13 heteroatoms. The molecule has 220 valence electrons. The first-order valence-electron chi connectivity index (χ1n) is 13.3. The van der Waals surface area contributed by atoms with Gasteiger partial charge in [-0.05, 0) is 56.5 Å². The van der Waals surface area contributed by atoms with Gasteiger partial charge in [-0.15, -0.1) is 0 Å². The molecule has 3 heterocycles. The van der Waals surface area contributed by atoms with Crippen LogP contribution in [0.3, 0.4) is 0 Å². The number of hydrogen-bond acceptors (Lipinski definition) is 6. The molecule has 0 unspecified atom stereocenters. The van der Waals surface area contributed by atoms with E-state index in [4.69, 9.17) is 21.1 Å². The van der Waals surface area contributed by atoms with E-state index in [1.165, 1.54) is 12.1 Å². The highest BCUT2D eigenvalue weighted by atomic mass is 35.5. The van der Waals surface area contributed by atoms with Crippen molar-refractivity contribution in [1.82, 2.24) is 19.4 Å². The molecule has 0 saturated carbocycles. The highest BCUT2D eigenvalue weighted by Crippen LogP contribution is 2.38. The predicted octanol–water partition coefficient (Wildman–Crippen LogP) is 5.90. The van der Waals surface area contributed by atoms with Crippen molar-refractivity contribution in [3.63, 3.8) is 0 Å². The van der Waals surface area contributed by atoms with Crippen molar-refractivity contribution >= 4 is 40.4 Å². The van der Waals surface area contributed by atoms with Gasteiger partial charge in [0.2, 0.25) is 11.9 Å². The van der Waals surface area contributed by atoms with E-state index in [1.807, 2.05) is 6.92 Å². The monoisotopic (exact) mass is 593 g/mol. The van der Waals surface area contributed by atoms with Crippen LogP contribution in [-0.4, -0.2) is 64.2 Å². The van der Waals surface area contributed by atoms with Crippen LogP contribution in [0.25, 0.3) is 11.0 Å². The summed E-state index contributed by atoms with van der Waals surface area (Å²) in [5.41, 5.74) is -0.494. The maximum absolute atomic E-state index is 13.2. The second-order valence-corrected chi connectivity index (χ2v) is 9.85. The molecule has 0 aliphatic carbocycles. The van der Waals surface area contributed by atoms with Crippen molar-refractivity contribution in [1.29, 1.82) is 0 Å². The van der Waals surface area contributed by atoms with Crippen LogP contribution in [-0.2, 0) is 15.7 Å². The molecule has 4 rings (SSSR count). The first kappa shape index (κ1) is 30.3. The first-order chi connectivity index (χ1) is 19.6. The lowest BCUT2D eigenvalue weighted by Crippen LogP contribution is -2.34. The predicted molar refractivity (Wildman–Crippen MR) is 148 cm³/mol. The van der Waals surface area contributed by atoms with Crippen LogP contribution in [0.2, 0.25) is 5.02 Å². The Kier molecular flexibility index (Phi) is 9.87. The minimum Gasteiger partial charge on any atom is -0.492 e. The number of carbonyl (C=O) groups is 2. The number of aromatic nitrogens is 3. The summed E-state index contributed by atoms with van der Waals surface area (Å²) in [5.74, 6) is -0.534. The molecule has 3 aromatic rings. The molecule has 1 saturated heterocycles. The van der Waals surface area contributed by atoms with Gasteiger partial charge in [0.05, 0.1) is 23.7 Å². The van der Waals surface area contributed by atoms with Crippen molar-refractivity contribution in [2.45, 2.75) is 44.8 Å². The zero-order chi connectivity index (χ0) is 29.6. The molecule has 0 radical (unpaired) electrons. The molecule has 41 heavy (non-hydrogen) atoms. The number of likely N-dealkylation sites (tertiary alicyclic amines) is 1. The van der Waals surface area contributed by atoms with Crippen LogP contribution in [0.15, 0.2) is 43.1 Å². The van der Waals surface area contributed by atoms with Gasteiger partial charge in [0, 0.05) is 44.5 Å². The molecule has 2 amide bonds. The Morgan fingerprint density at radius 1 is 1.24 bits per heavy atom. The standard InChI is InChI=1S/C28H31ClF3N5O4/c1-3-23(38)36-13-6-5-8-19(17-36)37-25-20(9-10-21(24(25)29)41-15-7-14-40-4-2)34-27(37)35-26(39)18-11-12-33-22(16-18)28(30,31)32/h3,9-12,16,19H,1,4-8,13-15,17H2,2H3,(H,34,35,39)/t19-/m1/s1. The van der Waals surface area contributed by atoms with Crippen molar-refractivity contribution in [2.24, 2.45) is 0 Å². The SMILES string of the molecule is C=CC(=O)N1CCCC[C@@H](n2c(NC(=O)c3ccnc(C(F)(F)F)c3)nc3ccc(OCCCOCC)c(Cl)c32)C1. The molecular formula is C28H31ClF3N5O4. The number of alkyl halides is 3. The highest BCUT2D eigenvalue weighted by molar-refractivity contribution is 6.36. The fourth-order valence-electron chi connectivity index (χ4n) is 4.73. The van der Waals surface area contributed by atoms with Gasteiger partial charge in [-0.25, -0.2) is 4.98 Å². The Hall–Kier alpha value is -3.64. The molecule has 0 bridgehead atoms. The summed E-state index contributed by atoms with van der Waals surface area (Å²) in [7, 11) is 0. The zero-order valence-electron chi connectivity index (χ0n) is 22.5. The average Bonchev–Trinajstić information content (AvgIpc) is 3.14. The van der Waals surface area contributed by atoms with E-state index in [0.717, 1.165) is 19.0 Å². The zero-order valence-corrected chi connectivity index (χ0v) is 23.3. The number of ether oxygens (including phenoxy) is 2. The van der Waals surface area contributed by atoms with Gasteiger partial charge in [-0.1, -0.05) is 18.2 Å². The smallest absolute Gasteiger partial charge is 0.433 e. The Balaban J connectivity index is 1.74. The van der Waals surface area contributed by atoms with Crippen LogP contribution in [0.1, 0.15) is 54.7 Å². The highest BCUT2D eigenvalue weighted by Gasteiger charge is 2.33. The van der Waals surface area contributed by atoms with Crippen molar-refractivity contribution < 1.29 is 32.2 Å². The molecule has 1 aromatic carbocycles. The number of amides is 2. The van der Waals surface area contributed by atoms with E-state index in [-0.39, 0.29) is 28.5 Å². The number of rotatable bonds is 10. The van der Waals surface area contributed by atoms with E-state index in [9.17, 15) is 22.8 Å². The molecule has 0 spiro atoms. The number of imidazole rings is 1. The van der Waals surface area contributed by atoms with E-state index in [2.05, 4.69) is 21.9 Å². The first-order valence-corrected chi connectivity index (χ1v) is 13.7. The Morgan fingerprint density at radius 3 is 2.78 bits per heavy atom. The summed E-state index contributed by atoms with van der Waals surface area (Å²) < 4.78 is 52.7. The molecule has 9 nitrogen and oxygen atoms in total. The summed E-state index contributed by atoms with van der Waals surface area (Å²) in [5, 5.41) is 2.93. The van der Waals surface area contributed by atoms with E-state index in [0.29, 0.717) is 68.6 Å². The largest absolute Gasteiger partial charge is 0.492 e. The maximum Gasteiger partial charge on any atom is 0.433 e. The summed E-state index contributed by atoms with van der Waals surface area (Å²) in [4.78, 5) is 35.3. The molecule has 1 atom stereocenters. The topological polar surface area (TPSA) is 98.6 Å². The number of halogens is 4. The molecule has 1 aliphatic rings. The number of nitrogens with one attached hydrogen (secondary N) is 1. The normalized spacial score (nSPS) is 15.9. The van der Waals surface area contributed by atoms with E-state index >= 15 is 0 Å². The van der Waals surface area contributed by atoms with Crippen LogP contribution in [0, 0.1) is 0 Å². The lowest BCUT2D eigenvalue weighted by Gasteiger charge is -2.26. The molecular weight excluding hydrogens is 563 g/mol. The number of benzene rings is 1. The van der Waals surface area contributed by atoms with Crippen molar-refractivity contribution in [3.8, 4) is 5.75 Å². The minimum absolute atomic E-state index is 0.0867. The summed E-state index contributed by atoms with van der Waals surface area (Å²) in [6, 6.07) is 4.89. The van der Waals surface area contributed by atoms with Gasteiger partial charge < -0.3 is 18.9 Å². The lowest BCUT2D eigenvalue weighted by atomic mass is 10.1. The van der Waals surface area contributed by atoms with Gasteiger partial charge in [0.1, 0.15) is 16.5 Å². The van der Waals surface area contributed by atoms with Crippen molar-refractivity contribution in [3.05, 3.63) is 59.4 Å². The fourth-order valence-corrected chi connectivity index (χ4v) is 5.04. The Labute approximate surface area is 240 Å². The molecule has 1 aliphatic heterocycles. The third-order valence-electron chi connectivity index (χ3n) is 6.69. The number of hydrogen-bond donors (Lipinski definition) is 1. The van der Waals surface area contributed by atoms with E-state index < -0.39 is 17.8 Å². The number of nitrogens with zero attached hydrogens (tertiary/aromatic N) is 4. The summed E-state index contributed by atoms with van der Waals surface area (Å²) in [6.07, 6.45) is 0.301.